The molecule has 1 aromatic carbocycles. The lowest BCUT2D eigenvalue weighted by Crippen LogP contribution is -2.44. The molecule has 6 heteroatoms. The predicted molar refractivity (Wildman–Crippen MR) is 108 cm³/mol. The van der Waals surface area contributed by atoms with Gasteiger partial charge in [0.2, 0.25) is 0 Å². The summed E-state index contributed by atoms with van der Waals surface area (Å²) in [6, 6.07) is 11.0. The number of aromatic nitrogens is 3. The van der Waals surface area contributed by atoms with Crippen molar-refractivity contribution >= 4 is 16.7 Å². The summed E-state index contributed by atoms with van der Waals surface area (Å²) in [7, 11) is 2.19. The SMILES string of the molecule is CN1CCN(c2cccc3nc(CNC4CCc5cccnc54)[nH]c23)CC1. The highest BCUT2D eigenvalue weighted by atomic mass is 15.3. The summed E-state index contributed by atoms with van der Waals surface area (Å²) in [5.41, 5.74) is 6.05. The molecule has 3 heterocycles. The van der Waals surface area contributed by atoms with E-state index in [1.807, 2.05) is 12.3 Å². The molecule has 0 radical (unpaired) electrons. The van der Waals surface area contributed by atoms with Crippen LogP contribution in [-0.2, 0) is 13.0 Å². The van der Waals surface area contributed by atoms with Crippen LogP contribution in [0, 0.1) is 0 Å². The number of para-hydroxylation sites is 1. The lowest BCUT2D eigenvalue weighted by Gasteiger charge is -2.34. The number of likely N-dealkylation sites (N-methyl/N-ethyl adjacent to an activating group) is 1. The molecule has 2 aliphatic rings. The van der Waals surface area contributed by atoms with E-state index in [2.05, 4.69) is 56.4 Å². The Kier molecular flexibility index (Phi) is 4.30. The second-order valence-electron chi connectivity index (χ2n) is 7.67. The average Bonchev–Trinajstić information content (AvgIpc) is 3.30. The smallest absolute Gasteiger partial charge is 0.121 e. The Bertz CT molecular complexity index is 941. The Labute approximate surface area is 159 Å². The number of H-pyrrole nitrogens is 1. The van der Waals surface area contributed by atoms with Crippen molar-refractivity contribution < 1.29 is 0 Å². The van der Waals surface area contributed by atoms with Gasteiger partial charge in [0.15, 0.2) is 0 Å². The molecule has 3 aromatic rings. The van der Waals surface area contributed by atoms with Gasteiger partial charge in [-0.3, -0.25) is 4.98 Å². The van der Waals surface area contributed by atoms with E-state index in [0.717, 1.165) is 62.4 Å². The van der Waals surface area contributed by atoms with Gasteiger partial charge < -0.3 is 20.1 Å². The minimum absolute atomic E-state index is 0.325. The van der Waals surface area contributed by atoms with Crippen LogP contribution in [0.3, 0.4) is 0 Å². The quantitative estimate of drug-likeness (QED) is 0.747. The maximum Gasteiger partial charge on any atom is 0.121 e. The first-order valence-corrected chi connectivity index (χ1v) is 9.86. The molecule has 1 aliphatic carbocycles. The van der Waals surface area contributed by atoms with E-state index in [9.17, 15) is 0 Å². The first-order valence-electron chi connectivity index (χ1n) is 9.86. The van der Waals surface area contributed by atoms with E-state index in [-0.39, 0.29) is 0 Å². The summed E-state index contributed by atoms with van der Waals surface area (Å²) in [4.78, 5) is 17.8. The third kappa shape index (κ3) is 3.19. The molecule has 0 amide bonds. The molecule has 1 unspecified atom stereocenters. The van der Waals surface area contributed by atoms with Crippen molar-refractivity contribution in [2.45, 2.75) is 25.4 Å². The molecule has 5 rings (SSSR count). The Morgan fingerprint density at radius 2 is 2.04 bits per heavy atom. The van der Waals surface area contributed by atoms with Crippen molar-refractivity contribution in [2.75, 3.05) is 38.1 Å². The standard InChI is InChI=1S/C21H26N6/c1-26-10-12-27(13-11-26)18-6-2-5-17-21(18)25-19(24-17)14-23-16-8-7-15-4-3-9-22-20(15)16/h2-6,9,16,23H,7-8,10-14H2,1H3,(H,24,25). The molecule has 0 saturated carbocycles. The lowest BCUT2D eigenvalue weighted by molar-refractivity contribution is 0.313. The zero-order chi connectivity index (χ0) is 18.2. The van der Waals surface area contributed by atoms with E-state index in [1.165, 1.54) is 16.9 Å². The molecule has 6 nitrogen and oxygen atoms in total. The monoisotopic (exact) mass is 362 g/mol. The fourth-order valence-corrected chi connectivity index (χ4v) is 4.29. The molecule has 1 aliphatic heterocycles. The number of aromatic amines is 1. The van der Waals surface area contributed by atoms with E-state index in [4.69, 9.17) is 4.98 Å². The molecule has 1 fully saturated rings. The van der Waals surface area contributed by atoms with Crippen molar-refractivity contribution in [2.24, 2.45) is 0 Å². The van der Waals surface area contributed by atoms with Gasteiger partial charge in [0.05, 0.1) is 35.0 Å². The summed E-state index contributed by atoms with van der Waals surface area (Å²) in [6.45, 7) is 5.07. The highest BCUT2D eigenvalue weighted by Gasteiger charge is 2.23. The number of piperazine rings is 1. The maximum atomic E-state index is 4.82. The largest absolute Gasteiger partial charge is 0.367 e. The molecule has 2 N–H and O–H groups in total. The van der Waals surface area contributed by atoms with Crippen molar-refractivity contribution in [3.8, 4) is 0 Å². The van der Waals surface area contributed by atoms with Crippen LogP contribution in [-0.4, -0.2) is 53.1 Å². The summed E-state index contributed by atoms with van der Waals surface area (Å²) in [6.07, 6.45) is 4.11. The number of nitrogens with one attached hydrogen (secondary N) is 2. The third-order valence-corrected chi connectivity index (χ3v) is 5.86. The molecule has 27 heavy (non-hydrogen) atoms. The normalized spacial score (nSPS) is 20.3. The Balaban J connectivity index is 1.34. The molecule has 1 saturated heterocycles. The van der Waals surface area contributed by atoms with E-state index >= 15 is 0 Å². The van der Waals surface area contributed by atoms with Crippen LogP contribution in [0.2, 0.25) is 0 Å². The van der Waals surface area contributed by atoms with Crippen molar-refractivity contribution in [3.05, 3.63) is 53.6 Å². The number of rotatable bonds is 4. The summed E-state index contributed by atoms with van der Waals surface area (Å²) in [5, 5.41) is 3.64. The Morgan fingerprint density at radius 1 is 1.15 bits per heavy atom. The van der Waals surface area contributed by atoms with Crippen molar-refractivity contribution in [1.82, 2.24) is 25.2 Å². The van der Waals surface area contributed by atoms with Crippen LogP contribution in [0.4, 0.5) is 5.69 Å². The van der Waals surface area contributed by atoms with Gasteiger partial charge in [0.1, 0.15) is 5.82 Å². The number of aryl methyl sites for hydroxylation is 1. The second kappa shape index (κ2) is 6.94. The second-order valence-corrected chi connectivity index (χ2v) is 7.67. The van der Waals surface area contributed by atoms with E-state index < -0.39 is 0 Å². The highest BCUT2D eigenvalue weighted by molar-refractivity contribution is 5.89. The van der Waals surface area contributed by atoms with Gasteiger partial charge in [0.25, 0.3) is 0 Å². The molecular formula is C21H26N6. The molecule has 1 atom stereocenters. The number of benzene rings is 1. The molecule has 140 valence electrons. The van der Waals surface area contributed by atoms with Crippen LogP contribution in [0.25, 0.3) is 11.0 Å². The minimum Gasteiger partial charge on any atom is -0.367 e. The van der Waals surface area contributed by atoms with E-state index in [0.29, 0.717) is 6.04 Å². The summed E-state index contributed by atoms with van der Waals surface area (Å²) >= 11 is 0. The summed E-state index contributed by atoms with van der Waals surface area (Å²) < 4.78 is 0. The first kappa shape index (κ1) is 16.7. The molecular weight excluding hydrogens is 336 g/mol. The van der Waals surface area contributed by atoms with Crippen molar-refractivity contribution in [1.29, 1.82) is 0 Å². The van der Waals surface area contributed by atoms with Gasteiger partial charge >= 0.3 is 0 Å². The number of fused-ring (bicyclic) bond motifs is 2. The molecule has 2 aromatic heterocycles. The number of imidazole rings is 1. The van der Waals surface area contributed by atoms with Crippen LogP contribution in [0.5, 0.6) is 0 Å². The topological polar surface area (TPSA) is 60.1 Å². The Hall–Kier alpha value is -2.44. The number of anilines is 1. The predicted octanol–water partition coefficient (Wildman–Crippen LogP) is 2.49. The highest BCUT2D eigenvalue weighted by Crippen LogP contribution is 2.30. The van der Waals surface area contributed by atoms with Gasteiger partial charge in [-0.2, -0.15) is 0 Å². The zero-order valence-electron chi connectivity index (χ0n) is 15.8. The molecule has 0 bridgehead atoms. The van der Waals surface area contributed by atoms with Gasteiger partial charge in [0, 0.05) is 32.4 Å². The minimum atomic E-state index is 0.325. The van der Waals surface area contributed by atoms with Crippen molar-refractivity contribution in [3.63, 3.8) is 0 Å². The number of pyridine rings is 1. The first-order chi connectivity index (χ1) is 13.3. The van der Waals surface area contributed by atoms with Gasteiger partial charge in [-0.05, 0) is 43.7 Å². The number of nitrogens with zero attached hydrogens (tertiary/aromatic N) is 4. The van der Waals surface area contributed by atoms with Gasteiger partial charge in [-0.1, -0.05) is 12.1 Å². The fraction of sp³-hybridized carbons (Fsp3) is 0.429. The van der Waals surface area contributed by atoms with E-state index in [1.54, 1.807) is 0 Å². The van der Waals surface area contributed by atoms with Gasteiger partial charge in [-0.25, -0.2) is 4.98 Å². The third-order valence-electron chi connectivity index (χ3n) is 5.86. The van der Waals surface area contributed by atoms with Gasteiger partial charge in [-0.15, -0.1) is 0 Å². The van der Waals surface area contributed by atoms with Crippen LogP contribution < -0.4 is 10.2 Å². The van der Waals surface area contributed by atoms with Crippen LogP contribution in [0.1, 0.15) is 29.5 Å². The maximum absolute atomic E-state index is 4.82. The van der Waals surface area contributed by atoms with Crippen LogP contribution in [0.15, 0.2) is 36.5 Å². The fourth-order valence-electron chi connectivity index (χ4n) is 4.29. The lowest BCUT2D eigenvalue weighted by atomic mass is 10.2. The number of hydrogen-bond donors (Lipinski definition) is 2. The number of hydrogen-bond acceptors (Lipinski definition) is 5. The molecule has 0 spiro atoms. The summed E-state index contributed by atoms with van der Waals surface area (Å²) in [5.74, 6) is 0.996. The van der Waals surface area contributed by atoms with Crippen LogP contribution >= 0.6 is 0 Å². The Morgan fingerprint density at radius 3 is 2.93 bits per heavy atom. The average molecular weight is 362 g/mol. The zero-order valence-corrected chi connectivity index (χ0v) is 15.8.